The summed E-state index contributed by atoms with van der Waals surface area (Å²) < 4.78 is 5.23. The zero-order valence-corrected chi connectivity index (χ0v) is 9.68. The fourth-order valence-corrected chi connectivity index (χ4v) is 2.21. The van der Waals surface area contributed by atoms with Crippen LogP contribution in [-0.2, 0) is 0 Å². The standard InChI is InChI=1S/C12H20N2O/c1-9-10(2)14-15-12(9)13-8-11-6-4-3-5-7-11/h11,13H,3-8H2,1-2H3. The molecular formula is C12H20N2O. The molecular weight excluding hydrogens is 188 g/mol. The lowest BCUT2D eigenvalue weighted by Crippen LogP contribution is -2.17. The monoisotopic (exact) mass is 208 g/mol. The smallest absolute Gasteiger partial charge is 0.227 e. The second-order valence-corrected chi connectivity index (χ2v) is 4.61. The molecule has 0 aliphatic heterocycles. The van der Waals surface area contributed by atoms with Crippen LogP contribution in [0.3, 0.4) is 0 Å². The summed E-state index contributed by atoms with van der Waals surface area (Å²) in [6.07, 6.45) is 6.91. The molecule has 1 heterocycles. The zero-order chi connectivity index (χ0) is 10.7. The minimum absolute atomic E-state index is 0.823. The fraction of sp³-hybridized carbons (Fsp3) is 0.750. The molecule has 3 heteroatoms. The second-order valence-electron chi connectivity index (χ2n) is 4.61. The normalized spacial score (nSPS) is 18.0. The third-order valence-electron chi connectivity index (χ3n) is 3.43. The summed E-state index contributed by atoms with van der Waals surface area (Å²) in [6, 6.07) is 0. The van der Waals surface area contributed by atoms with E-state index < -0.39 is 0 Å². The maximum Gasteiger partial charge on any atom is 0.227 e. The van der Waals surface area contributed by atoms with Crippen molar-refractivity contribution in [2.24, 2.45) is 5.92 Å². The highest BCUT2D eigenvalue weighted by Gasteiger charge is 2.15. The van der Waals surface area contributed by atoms with E-state index in [1.165, 1.54) is 32.1 Å². The first-order valence-corrected chi connectivity index (χ1v) is 5.94. The van der Waals surface area contributed by atoms with E-state index in [1.807, 2.05) is 6.92 Å². The summed E-state index contributed by atoms with van der Waals surface area (Å²) in [5, 5.41) is 7.32. The third kappa shape index (κ3) is 2.52. The van der Waals surface area contributed by atoms with Gasteiger partial charge in [-0.25, -0.2) is 0 Å². The van der Waals surface area contributed by atoms with Crippen molar-refractivity contribution in [3.63, 3.8) is 0 Å². The van der Waals surface area contributed by atoms with E-state index in [0.29, 0.717) is 0 Å². The van der Waals surface area contributed by atoms with Crippen LogP contribution in [0.15, 0.2) is 4.52 Å². The first-order chi connectivity index (χ1) is 7.27. The van der Waals surface area contributed by atoms with Crippen molar-refractivity contribution < 1.29 is 4.52 Å². The Morgan fingerprint density at radius 3 is 2.60 bits per heavy atom. The number of nitrogens with zero attached hydrogens (tertiary/aromatic N) is 1. The van der Waals surface area contributed by atoms with Gasteiger partial charge in [0.1, 0.15) is 0 Å². The van der Waals surface area contributed by atoms with Gasteiger partial charge in [-0.05, 0) is 32.6 Å². The molecule has 84 valence electrons. The molecule has 1 N–H and O–H groups in total. The molecule has 0 radical (unpaired) electrons. The molecule has 1 aliphatic carbocycles. The van der Waals surface area contributed by atoms with Gasteiger partial charge in [0.25, 0.3) is 0 Å². The molecule has 0 bridgehead atoms. The number of hydrogen-bond acceptors (Lipinski definition) is 3. The van der Waals surface area contributed by atoms with Crippen LogP contribution >= 0.6 is 0 Å². The van der Waals surface area contributed by atoms with Crippen LogP contribution in [0.5, 0.6) is 0 Å². The third-order valence-corrected chi connectivity index (χ3v) is 3.43. The topological polar surface area (TPSA) is 38.1 Å². The van der Waals surface area contributed by atoms with Gasteiger partial charge in [-0.2, -0.15) is 0 Å². The summed E-state index contributed by atoms with van der Waals surface area (Å²) in [6.45, 7) is 5.06. The van der Waals surface area contributed by atoms with E-state index in [2.05, 4.69) is 17.4 Å². The maximum atomic E-state index is 5.23. The molecule has 1 fully saturated rings. The molecule has 15 heavy (non-hydrogen) atoms. The molecule has 0 unspecified atom stereocenters. The lowest BCUT2D eigenvalue weighted by atomic mass is 9.89. The van der Waals surface area contributed by atoms with Crippen LogP contribution in [0.1, 0.15) is 43.4 Å². The van der Waals surface area contributed by atoms with Crippen molar-refractivity contribution in [1.29, 1.82) is 0 Å². The van der Waals surface area contributed by atoms with Gasteiger partial charge in [0.2, 0.25) is 5.88 Å². The maximum absolute atomic E-state index is 5.23. The SMILES string of the molecule is Cc1noc(NCC2CCCCC2)c1C. The molecule has 0 spiro atoms. The molecule has 0 saturated heterocycles. The quantitative estimate of drug-likeness (QED) is 0.828. The molecule has 1 saturated carbocycles. The number of nitrogens with one attached hydrogen (secondary N) is 1. The molecule has 2 rings (SSSR count). The Hall–Kier alpha value is -0.990. The van der Waals surface area contributed by atoms with Crippen LogP contribution in [0, 0.1) is 19.8 Å². The molecule has 0 amide bonds. The van der Waals surface area contributed by atoms with Gasteiger partial charge in [-0.15, -0.1) is 0 Å². The highest BCUT2D eigenvalue weighted by molar-refractivity contribution is 5.41. The Labute approximate surface area is 91.2 Å². The summed E-state index contributed by atoms with van der Waals surface area (Å²) in [7, 11) is 0. The minimum atomic E-state index is 0.823. The van der Waals surface area contributed by atoms with E-state index in [9.17, 15) is 0 Å². The van der Waals surface area contributed by atoms with Gasteiger partial charge in [0.15, 0.2) is 0 Å². The summed E-state index contributed by atoms with van der Waals surface area (Å²) >= 11 is 0. The van der Waals surface area contributed by atoms with E-state index >= 15 is 0 Å². The van der Waals surface area contributed by atoms with Crippen molar-refractivity contribution in [3.8, 4) is 0 Å². The first kappa shape index (κ1) is 10.5. The van der Waals surface area contributed by atoms with Crippen molar-refractivity contribution in [2.45, 2.75) is 46.0 Å². The summed E-state index contributed by atoms with van der Waals surface area (Å²) in [4.78, 5) is 0. The lowest BCUT2D eigenvalue weighted by Gasteiger charge is -2.21. The number of rotatable bonds is 3. The van der Waals surface area contributed by atoms with Crippen molar-refractivity contribution in [1.82, 2.24) is 5.16 Å². The Morgan fingerprint density at radius 2 is 2.00 bits per heavy atom. The number of aryl methyl sites for hydroxylation is 1. The average molecular weight is 208 g/mol. The Bertz CT molecular complexity index is 313. The predicted molar refractivity (Wildman–Crippen MR) is 61.0 cm³/mol. The fourth-order valence-electron chi connectivity index (χ4n) is 2.21. The highest BCUT2D eigenvalue weighted by Crippen LogP contribution is 2.25. The van der Waals surface area contributed by atoms with Crippen LogP contribution < -0.4 is 5.32 Å². The van der Waals surface area contributed by atoms with E-state index in [4.69, 9.17) is 4.52 Å². The Balaban J connectivity index is 1.84. The van der Waals surface area contributed by atoms with Gasteiger partial charge >= 0.3 is 0 Å². The van der Waals surface area contributed by atoms with E-state index in [-0.39, 0.29) is 0 Å². The second kappa shape index (κ2) is 4.69. The summed E-state index contributed by atoms with van der Waals surface area (Å²) in [5.74, 6) is 1.68. The van der Waals surface area contributed by atoms with E-state index in [0.717, 1.165) is 29.6 Å². The van der Waals surface area contributed by atoms with Crippen molar-refractivity contribution in [3.05, 3.63) is 11.3 Å². The van der Waals surface area contributed by atoms with E-state index in [1.54, 1.807) is 0 Å². The molecule has 0 atom stereocenters. The number of anilines is 1. The Kier molecular flexibility index (Phi) is 3.29. The first-order valence-electron chi connectivity index (χ1n) is 5.94. The number of hydrogen-bond donors (Lipinski definition) is 1. The van der Waals surface area contributed by atoms with Crippen LogP contribution in [-0.4, -0.2) is 11.7 Å². The molecule has 0 aromatic carbocycles. The van der Waals surface area contributed by atoms with Crippen molar-refractivity contribution >= 4 is 5.88 Å². The molecule has 1 aromatic rings. The van der Waals surface area contributed by atoms with Gasteiger partial charge in [-0.1, -0.05) is 24.4 Å². The lowest BCUT2D eigenvalue weighted by molar-refractivity contribution is 0.366. The molecule has 1 aromatic heterocycles. The summed E-state index contributed by atoms with van der Waals surface area (Å²) in [5.41, 5.74) is 2.13. The van der Waals surface area contributed by atoms with Crippen LogP contribution in [0.25, 0.3) is 0 Å². The van der Waals surface area contributed by atoms with Crippen LogP contribution in [0.2, 0.25) is 0 Å². The predicted octanol–water partition coefficient (Wildman–Crippen LogP) is 3.28. The Morgan fingerprint density at radius 1 is 1.27 bits per heavy atom. The largest absolute Gasteiger partial charge is 0.354 e. The average Bonchev–Trinajstić information content (AvgIpc) is 2.59. The van der Waals surface area contributed by atoms with Crippen LogP contribution in [0.4, 0.5) is 5.88 Å². The van der Waals surface area contributed by atoms with Gasteiger partial charge in [0, 0.05) is 12.1 Å². The van der Waals surface area contributed by atoms with Gasteiger partial charge in [-0.3, -0.25) is 0 Å². The highest BCUT2D eigenvalue weighted by atomic mass is 16.5. The van der Waals surface area contributed by atoms with Crippen molar-refractivity contribution in [2.75, 3.05) is 11.9 Å². The minimum Gasteiger partial charge on any atom is -0.354 e. The molecule has 1 aliphatic rings. The zero-order valence-electron chi connectivity index (χ0n) is 9.68. The molecule has 3 nitrogen and oxygen atoms in total. The van der Waals surface area contributed by atoms with Gasteiger partial charge < -0.3 is 9.84 Å². The number of aromatic nitrogens is 1. The van der Waals surface area contributed by atoms with Gasteiger partial charge in [0.05, 0.1) is 5.69 Å².